The molecule has 3 aromatic carbocycles. The highest BCUT2D eigenvalue weighted by Gasteiger charge is 2.61. The van der Waals surface area contributed by atoms with Crippen LogP contribution in [-0.4, -0.2) is 26.8 Å². The minimum Gasteiger partial charge on any atom is -0.236 e. The summed E-state index contributed by atoms with van der Waals surface area (Å²) in [5, 5.41) is 3.96. The van der Waals surface area contributed by atoms with E-state index in [2.05, 4.69) is 0 Å². The van der Waals surface area contributed by atoms with Crippen molar-refractivity contribution in [1.29, 1.82) is 0 Å². The largest absolute Gasteiger partial charge is 0.236 e. The van der Waals surface area contributed by atoms with E-state index in [0.717, 1.165) is 69.7 Å². The van der Waals surface area contributed by atoms with Crippen LogP contribution in [-0.2, 0) is 25.1 Å². The maximum atomic E-state index is 13.7. The van der Waals surface area contributed by atoms with Crippen molar-refractivity contribution < 1.29 is 16.8 Å². The van der Waals surface area contributed by atoms with Gasteiger partial charge in [-0.2, -0.15) is 0 Å². The van der Waals surface area contributed by atoms with Gasteiger partial charge >= 0.3 is 0 Å². The highest BCUT2D eigenvalue weighted by Crippen LogP contribution is 2.68. The Bertz CT molecular complexity index is 2540. The van der Waals surface area contributed by atoms with E-state index in [4.69, 9.17) is 9.97 Å². The van der Waals surface area contributed by atoms with Crippen molar-refractivity contribution in [3.63, 3.8) is 0 Å². The summed E-state index contributed by atoms with van der Waals surface area (Å²) in [5.74, 6) is 0. The predicted molar refractivity (Wildman–Crippen MR) is 189 cm³/mol. The fraction of sp³-hybridized carbons (Fsp3) is 0.0811. The third-order valence-corrected chi connectivity index (χ3v) is 14.4. The molecule has 230 valence electrons. The van der Waals surface area contributed by atoms with Gasteiger partial charge < -0.3 is 0 Å². The van der Waals surface area contributed by atoms with Crippen molar-refractivity contribution in [1.82, 2.24) is 9.97 Å². The predicted octanol–water partition coefficient (Wildman–Crippen LogP) is 8.17. The van der Waals surface area contributed by atoms with Crippen LogP contribution in [0.15, 0.2) is 129 Å². The van der Waals surface area contributed by atoms with E-state index in [9.17, 15) is 16.8 Å². The Hall–Kier alpha value is -4.48. The lowest BCUT2D eigenvalue weighted by Crippen LogP contribution is -2.28. The second-order valence-corrected chi connectivity index (χ2v) is 17.8. The number of fused-ring (bicyclic) bond motifs is 5. The molecule has 0 amide bonds. The Balaban J connectivity index is 1.45. The topological polar surface area (TPSA) is 94.1 Å². The summed E-state index contributed by atoms with van der Waals surface area (Å²) in [5.41, 5.74) is 6.35. The molecule has 10 heteroatoms. The summed E-state index contributed by atoms with van der Waals surface area (Å²) >= 11 is 3.16. The molecule has 0 N–H and O–H groups in total. The van der Waals surface area contributed by atoms with Gasteiger partial charge in [0.2, 0.25) is 19.7 Å². The summed E-state index contributed by atoms with van der Waals surface area (Å²) in [4.78, 5) is 12.2. The number of aryl methyl sites for hydroxylation is 2. The first-order valence-corrected chi connectivity index (χ1v) is 19.6. The van der Waals surface area contributed by atoms with E-state index in [1.165, 1.54) is 0 Å². The molecule has 47 heavy (non-hydrogen) atoms. The fourth-order valence-electron chi connectivity index (χ4n) is 7.40. The molecule has 0 bridgehead atoms. The highest BCUT2D eigenvalue weighted by atomic mass is 32.2. The summed E-state index contributed by atoms with van der Waals surface area (Å²) in [6.45, 7) is 4.07. The van der Waals surface area contributed by atoms with Gasteiger partial charge in [-0.25, -0.2) is 26.8 Å². The van der Waals surface area contributed by atoms with Crippen molar-refractivity contribution >= 4 is 53.5 Å². The van der Waals surface area contributed by atoms with Crippen molar-refractivity contribution in [3.8, 4) is 21.1 Å². The van der Waals surface area contributed by atoms with Gasteiger partial charge in [0.05, 0.1) is 26.6 Å². The van der Waals surface area contributed by atoms with Gasteiger partial charge in [-0.15, -0.1) is 22.7 Å². The SMILES string of the molecule is Cc1sc(-c2ccccc2)nc1C1=C(c2nc(-c3ccccc3)sc2C)C2(C3=C(C4=C2C=CS4(=O)=O)S(=O)(=O)C=C3)c2ccccc21. The molecule has 0 atom stereocenters. The number of hydrogen-bond donors (Lipinski definition) is 0. The minimum absolute atomic E-state index is 0.137. The first-order chi connectivity index (χ1) is 22.6. The lowest BCUT2D eigenvalue weighted by Gasteiger charge is -2.33. The third-order valence-electron chi connectivity index (χ3n) is 9.23. The molecule has 0 radical (unpaired) electrons. The van der Waals surface area contributed by atoms with Crippen molar-refractivity contribution in [2.75, 3.05) is 0 Å². The highest BCUT2D eigenvalue weighted by molar-refractivity contribution is 8.03. The molecule has 1 spiro atoms. The molecule has 9 rings (SSSR count). The molecule has 0 fully saturated rings. The summed E-state index contributed by atoms with van der Waals surface area (Å²) in [6, 6.07) is 27.8. The van der Waals surface area contributed by atoms with Gasteiger partial charge in [0.15, 0.2) is 0 Å². The van der Waals surface area contributed by atoms with Crippen LogP contribution in [0.3, 0.4) is 0 Å². The van der Waals surface area contributed by atoms with Crippen LogP contribution in [0.25, 0.3) is 32.3 Å². The zero-order chi connectivity index (χ0) is 32.3. The van der Waals surface area contributed by atoms with Crippen LogP contribution in [0.1, 0.15) is 32.3 Å². The number of aromatic nitrogens is 2. The van der Waals surface area contributed by atoms with Gasteiger partial charge in [0.25, 0.3) is 0 Å². The fourth-order valence-corrected chi connectivity index (χ4v) is 12.6. The Morgan fingerprint density at radius 2 is 1.06 bits per heavy atom. The minimum atomic E-state index is -4.02. The molecule has 4 aliphatic rings. The van der Waals surface area contributed by atoms with Crippen molar-refractivity contribution in [2.24, 2.45) is 0 Å². The van der Waals surface area contributed by atoms with E-state index >= 15 is 0 Å². The van der Waals surface area contributed by atoms with E-state index in [0.29, 0.717) is 16.8 Å². The average molecular weight is 689 g/mol. The molecule has 0 saturated heterocycles. The molecular formula is C37H24N2O4S4. The Labute approximate surface area is 280 Å². The first-order valence-electron chi connectivity index (χ1n) is 14.9. The van der Waals surface area contributed by atoms with Gasteiger partial charge in [-0.3, -0.25) is 0 Å². The number of benzene rings is 3. The summed E-state index contributed by atoms with van der Waals surface area (Å²) in [6.07, 6.45) is 3.18. The maximum Gasteiger partial charge on any atom is 0.201 e. The second kappa shape index (κ2) is 9.77. The molecule has 2 aliphatic heterocycles. The molecule has 2 aromatic heterocycles. The molecule has 5 aromatic rings. The van der Waals surface area contributed by atoms with Gasteiger partial charge in [0.1, 0.15) is 10.0 Å². The maximum absolute atomic E-state index is 13.7. The molecule has 0 saturated carbocycles. The van der Waals surface area contributed by atoms with Crippen LogP contribution in [0.2, 0.25) is 0 Å². The molecule has 2 aliphatic carbocycles. The number of nitrogens with zero attached hydrogens (tertiary/aromatic N) is 2. The zero-order valence-corrected chi connectivity index (χ0v) is 28.3. The van der Waals surface area contributed by atoms with Gasteiger partial charge in [-0.1, -0.05) is 84.9 Å². The Kier molecular flexibility index (Phi) is 5.97. The van der Waals surface area contributed by atoms with Gasteiger partial charge in [0, 0.05) is 42.8 Å². The van der Waals surface area contributed by atoms with Crippen LogP contribution in [0.4, 0.5) is 0 Å². The third kappa shape index (κ3) is 3.81. The van der Waals surface area contributed by atoms with Crippen molar-refractivity contribution in [2.45, 2.75) is 19.3 Å². The summed E-state index contributed by atoms with van der Waals surface area (Å²) in [7, 11) is -8.05. The number of sulfone groups is 2. The van der Waals surface area contributed by atoms with Crippen LogP contribution >= 0.6 is 22.7 Å². The van der Waals surface area contributed by atoms with Gasteiger partial charge in [-0.05, 0) is 48.3 Å². The number of allylic oxidation sites excluding steroid dienone is 5. The monoisotopic (exact) mass is 688 g/mol. The summed E-state index contributed by atoms with van der Waals surface area (Å²) < 4.78 is 54.7. The lowest BCUT2D eigenvalue weighted by molar-refractivity contribution is 0.606. The smallest absolute Gasteiger partial charge is 0.201 e. The molecule has 6 nitrogen and oxygen atoms in total. The average Bonchev–Trinajstić information content (AvgIpc) is 3.89. The van der Waals surface area contributed by atoms with Crippen LogP contribution < -0.4 is 0 Å². The van der Waals surface area contributed by atoms with E-state index in [-0.39, 0.29) is 9.81 Å². The van der Waals surface area contributed by atoms with Crippen LogP contribution in [0.5, 0.6) is 0 Å². The van der Waals surface area contributed by atoms with E-state index in [1.54, 1.807) is 34.8 Å². The molecule has 4 heterocycles. The Morgan fingerprint density at radius 1 is 0.596 bits per heavy atom. The number of hydrogen-bond acceptors (Lipinski definition) is 8. The number of thiazole rings is 2. The second-order valence-electron chi connectivity index (χ2n) is 11.8. The lowest BCUT2D eigenvalue weighted by atomic mass is 9.67. The molecule has 0 unspecified atom stereocenters. The van der Waals surface area contributed by atoms with Crippen molar-refractivity contribution in [3.05, 3.63) is 161 Å². The first kappa shape index (κ1) is 28.7. The van der Waals surface area contributed by atoms with E-state index < -0.39 is 25.1 Å². The quantitative estimate of drug-likeness (QED) is 0.189. The number of rotatable bonds is 4. The normalized spacial score (nSPS) is 19.3. The zero-order valence-electron chi connectivity index (χ0n) is 25.1. The molecular weight excluding hydrogens is 665 g/mol. The Morgan fingerprint density at radius 3 is 1.62 bits per heavy atom. The van der Waals surface area contributed by atoms with Crippen LogP contribution in [0, 0.1) is 13.8 Å². The van der Waals surface area contributed by atoms with E-state index in [1.807, 2.05) is 98.8 Å². The standard InChI is InChI=1S/C37H24N2O4S4/c1-21-31(38-35(44-21)23-11-5-3-6-12-23)29-25-15-9-10-16-26(25)37(30(29)32-22(2)45-36(39-32)24-13-7-4-8-14-24)27-17-19-46(40,41)33(27)34-28(37)18-20-47(34,42)43/h3-20H,1-2H3.